The highest BCUT2D eigenvalue weighted by Gasteiger charge is 2.22. The molecule has 0 saturated carbocycles. The van der Waals surface area contributed by atoms with Crippen LogP contribution in [0, 0.1) is 5.92 Å². The molecule has 1 aliphatic rings. The van der Waals surface area contributed by atoms with Gasteiger partial charge < -0.3 is 15.2 Å². The molecule has 1 amide bonds. The molecule has 1 fully saturated rings. The van der Waals surface area contributed by atoms with E-state index in [2.05, 4.69) is 0 Å². The van der Waals surface area contributed by atoms with E-state index in [9.17, 15) is 4.79 Å². The number of nitrogens with zero attached hydrogens (tertiary/aromatic N) is 2. The smallest absolute Gasteiger partial charge is 0.242 e. The Morgan fingerprint density at radius 2 is 2.12 bits per heavy atom. The molecule has 0 unspecified atom stereocenters. The largest absolute Gasteiger partial charge is 0.345 e. The van der Waals surface area contributed by atoms with Gasteiger partial charge >= 0.3 is 0 Å². The topological polar surface area (TPSA) is 51.3 Å². The molecule has 0 bridgehead atoms. The summed E-state index contributed by atoms with van der Waals surface area (Å²) >= 11 is 0. The lowest BCUT2D eigenvalue weighted by atomic mass is 9.98. The molecule has 2 heterocycles. The summed E-state index contributed by atoms with van der Waals surface area (Å²) in [6.45, 7) is 2.85. The van der Waals surface area contributed by atoms with Gasteiger partial charge in [-0.3, -0.25) is 4.79 Å². The summed E-state index contributed by atoms with van der Waals surface area (Å²) in [6.07, 6.45) is 6.08. The van der Waals surface area contributed by atoms with Crippen LogP contribution in [0.3, 0.4) is 0 Å². The molecule has 88 valence electrons. The predicted octanol–water partition coefficient (Wildman–Crippen LogP) is 0.685. The fourth-order valence-corrected chi connectivity index (χ4v) is 2.22. The molecule has 4 heteroatoms. The minimum atomic E-state index is 0.203. The number of likely N-dealkylation sites (tertiary alicyclic amines) is 1. The van der Waals surface area contributed by atoms with E-state index in [1.807, 2.05) is 34.0 Å². The fraction of sp³-hybridized carbons (Fsp3) is 0.583. The molecule has 1 saturated heterocycles. The Balaban J connectivity index is 1.89. The minimum absolute atomic E-state index is 0.203. The van der Waals surface area contributed by atoms with Gasteiger partial charge in [0.25, 0.3) is 0 Å². The van der Waals surface area contributed by atoms with Crippen LogP contribution >= 0.6 is 0 Å². The number of rotatable bonds is 3. The first kappa shape index (κ1) is 11.2. The van der Waals surface area contributed by atoms with Crippen molar-refractivity contribution in [3.8, 4) is 0 Å². The van der Waals surface area contributed by atoms with Crippen LogP contribution in [-0.2, 0) is 11.3 Å². The first-order valence-electron chi connectivity index (χ1n) is 5.88. The van der Waals surface area contributed by atoms with E-state index in [4.69, 9.17) is 5.73 Å². The third kappa shape index (κ3) is 2.64. The van der Waals surface area contributed by atoms with Crippen molar-refractivity contribution in [3.63, 3.8) is 0 Å². The number of hydrogen-bond donors (Lipinski definition) is 1. The van der Waals surface area contributed by atoms with Gasteiger partial charge in [0.1, 0.15) is 6.54 Å². The zero-order valence-corrected chi connectivity index (χ0v) is 9.51. The summed E-state index contributed by atoms with van der Waals surface area (Å²) in [7, 11) is 0. The van der Waals surface area contributed by atoms with Crippen LogP contribution in [-0.4, -0.2) is 35.0 Å². The van der Waals surface area contributed by atoms with E-state index in [0.29, 0.717) is 19.0 Å². The van der Waals surface area contributed by atoms with Gasteiger partial charge in [0.05, 0.1) is 0 Å². The molecule has 16 heavy (non-hydrogen) atoms. The van der Waals surface area contributed by atoms with Gasteiger partial charge in [-0.25, -0.2) is 0 Å². The second kappa shape index (κ2) is 5.16. The van der Waals surface area contributed by atoms with E-state index >= 15 is 0 Å². The first-order valence-corrected chi connectivity index (χ1v) is 5.88. The van der Waals surface area contributed by atoms with Crippen molar-refractivity contribution in [2.45, 2.75) is 19.4 Å². The van der Waals surface area contributed by atoms with Gasteiger partial charge in [0.2, 0.25) is 5.91 Å². The van der Waals surface area contributed by atoms with E-state index in [0.717, 1.165) is 25.9 Å². The van der Waals surface area contributed by atoms with Crippen LogP contribution in [0.4, 0.5) is 0 Å². The second-order valence-electron chi connectivity index (χ2n) is 4.44. The van der Waals surface area contributed by atoms with Crippen LogP contribution in [0.15, 0.2) is 24.5 Å². The van der Waals surface area contributed by atoms with Crippen molar-refractivity contribution in [1.29, 1.82) is 0 Å². The van der Waals surface area contributed by atoms with Gasteiger partial charge in [-0.1, -0.05) is 0 Å². The molecule has 0 aliphatic carbocycles. The molecular formula is C12H19N3O. The zero-order valence-electron chi connectivity index (χ0n) is 9.51. The standard InChI is InChI=1S/C12H19N3O/c13-8-11-4-3-7-15(9-11)12(16)10-14-5-1-2-6-14/h1-2,5-6,11H,3-4,7-10,13H2/t11-/m0/s1. The Kier molecular flexibility index (Phi) is 3.62. The molecule has 1 aromatic heterocycles. The van der Waals surface area contributed by atoms with Gasteiger partial charge in [0, 0.05) is 25.5 Å². The summed E-state index contributed by atoms with van der Waals surface area (Å²) in [6, 6.07) is 3.87. The number of amides is 1. The first-order chi connectivity index (χ1) is 7.79. The second-order valence-corrected chi connectivity index (χ2v) is 4.44. The van der Waals surface area contributed by atoms with Gasteiger partial charge in [-0.2, -0.15) is 0 Å². The Bertz CT molecular complexity index is 334. The molecule has 2 rings (SSSR count). The Morgan fingerprint density at radius 1 is 1.38 bits per heavy atom. The van der Waals surface area contributed by atoms with E-state index in [-0.39, 0.29) is 5.91 Å². The molecule has 1 atom stereocenters. The van der Waals surface area contributed by atoms with Crippen molar-refractivity contribution in [2.24, 2.45) is 11.7 Å². The lowest BCUT2D eigenvalue weighted by molar-refractivity contribution is -0.133. The van der Waals surface area contributed by atoms with Crippen molar-refractivity contribution in [3.05, 3.63) is 24.5 Å². The number of hydrogen-bond acceptors (Lipinski definition) is 2. The Morgan fingerprint density at radius 3 is 2.81 bits per heavy atom. The maximum absolute atomic E-state index is 12.0. The number of aromatic nitrogens is 1. The van der Waals surface area contributed by atoms with Crippen LogP contribution in [0.25, 0.3) is 0 Å². The molecule has 0 radical (unpaired) electrons. The highest BCUT2D eigenvalue weighted by molar-refractivity contribution is 5.76. The fourth-order valence-electron chi connectivity index (χ4n) is 2.22. The van der Waals surface area contributed by atoms with Crippen LogP contribution < -0.4 is 5.73 Å². The number of carbonyl (C=O) groups is 1. The molecule has 2 N–H and O–H groups in total. The maximum atomic E-state index is 12.0. The maximum Gasteiger partial charge on any atom is 0.242 e. The molecular weight excluding hydrogens is 202 g/mol. The third-order valence-corrected chi connectivity index (χ3v) is 3.19. The summed E-state index contributed by atoms with van der Waals surface area (Å²) < 4.78 is 1.91. The predicted molar refractivity (Wildman–Crippen MR) is 62.8 cm³/mol. The van der Waals surface area contributed by atoms with Crippen molar-refractivity contribution in [1.82, 2.24) is 9.47 Å². The highest BCUT2D eigenvalue weighted by Crippen LogP contribution is 2.15. The molecule has 0 aromatic carbocycles. The monoisotopic (exact) mass is 221 g/mol. The SMILES string of the molecule is NC[C@@H]1CCCN(C(=O)Cn2cccc2)C1. The lowest BCUT2D eigenvalue weighted by Crippen LogP contribution is -2.43. The average Bonchev–Trinajstić information content (AvgIpc) is 2.82. The summed E-state index contributed by atoms with van der Waals surface area (Å²) in [5.41, 5.74) is 5.66. The summed E-state index contributed by atoms with van der Waals surface area (Å²) in [5.74, 6) is 0.691. The van der Waals surface area contributed by atoms with Crippen molar-refractivity contribution in [2.75, 3.05) is 19.6 Å². The van der Waals surface area contributed by atoms with E-state index in [1.165, 1.54) is 0 Å². The summed E-state index contributed by atoms with van der Waals surface area (Å²) in [4.78, 5) is 13.9. The van der Waals surface area contributed by atoms with Crippen LogP contribution in [0.2, 0.25) is 0 Å². The number of piperidine rings is 1. The normalized spacial score (nSPS) is 21.1. The summed E-state index contributed by atoms with van der Waals surface area (Å²) in [5, 5.41) is 0. The van der Waals surface area contributed by atoms with Gasteiger partial charge in [0.15, 0.2) is 0 Å². The van der Waals surface area contributed by atoms with E-state index in [1.54, 1.807) is 0 Å². The third-order valence-electron chi connectivity index (χ3n) is 3.19. The Hall–Kier alpha value is -1.29. The van der Waals surface area contributed by atoms with Crippen LogP contribution in [0.1, 0.15) is 12.8 Å². The van der Waals surface area contributed by atoms with Crippen molar-refractivity contribution < 1.29 is 4.79 Å². The average molecular weight is 221 g/mol. The Labute approximate surface area is 96.0 Å². The molecule has 1 aliphatic heterocycles. The number of carbonyl (C=O) groups excluding carboxylic acids is 1. The molecule has 4 nitrogen and oxygen atoms in total. The molecule has 0 spiro atoms. The minimum Gasteiger partial charge on any atom is -0.345 e. The highest BCUT2D eigenvalue weighted by atomic mass is 16.2. The number of nitrogens with two attached hydrogens (primary N) is 1. The quantitative estimate of drug-likeness (QED) is 0.816. The van der Waals surface area contributed by atoms with Crippen molar-refractivity contribution >= 4 is 5.91 Å². The molecule has 1 aromatic rings. The van der Waals surface area contributed by atoms with E-state index < -0.39 is 0 Å². The van der Waals surface area contributed by atoms with Gasteiger partial charge in [-0.15, -0.1) is 0 Å². The van der Waals surface area contributed by atoms with Gasteiger partial charge in [-0.05, 0) is 37.4 Å². The zero-order chi connectivity index (χ0) is 11.4. The van der Waals surface area contributed by atoms with Crippen LogP contribution in [0.5, 0.6) is 0 Å². The lowest BCUT2D eigenvalue weighted by Gasteiger charge is -2.32.